The average molecular weight is 168 g/mol. The largest absolute Gasteiger partial charge is 0.480 e. The van der Waals surface area contributed by atoms with Crippen molar-refractivity contribution in [3.05, 3.63) is 11.3 Å². The van der Waals surface area contributed by atoms with E-state index in [0.29, 0.717) is 0 Å². The first-order valence-electron chi connectivity index (χ1n) is 4.25. The molecule has 0 aromatic carbocycles. The lowest BCUT2D eigenvalue weighted by atomic mass is 9.93. The smallest absolute Gasteiger partial charge is 0.326 e. The summed E-state index contributed by atoms with van der Waals surface area (Å²) in [7, 11) is 0. The highest BCUT2D eigenvalue weighted by Crippen LogP contribution is 2.28. The van der Waals surface area contributed by atoms with E-state index in [1.54, 1.807) is 0 Å². The molecular formula is C8H12N2O2. The van der Waals surface area contributed by atoms with Gasteiger partial charge >= 0.3 is 5.97 Å². The van der Waals surface area contributed by atoms with Crippen molar-refractivity contribution in [2.45, 2.75) is 31.7 Å². The maximum atomic E-state index is 10.7. The number of carbonyl (C=O) groups is 1. The molecule has 0 bridgehead atoms. The standard InChI is InChI=1S/C8H12N2O2/c11-8(12)7-5-3-1-2-4-6(5)9-10-7/h7,9-10H,1-4H2,(H,11,12). The summed E-state index contributed by atoms with van der Waals surface area (Å²) in [6.45, 7) is 0. The molecule has 2 rings (SSSR count). The molecule has 0 aromatic rings. The summed E-state index contributed by atoms with van der Waals surface area (Å²) in [5.41, 5.74) is 7.87. The normalized spacial score (nSPS) is 28.2. The maximum Gasteiger partial charge on any atom is 0.326 e. The van der Waals surface area contributed by atoms with Crippen molar-refractivity contribution in [1.29, 1.82) is 0 Å². The van der Waals surface area contributed by atoms with Gasteiger partial charge in [-0.15, -0.1) is 0 Å². The average Bonchev–Trinajstić information content (AvgIpc) is 2.47. The van der Waals surface area contributed by atoms with Gasteiger partial charge in [0.1, 0.15) is 6.04 Å². The van der Waals surface area contributed by atoms with Gasteiger partial charge in [-0.05, 0) is 31.3 Å². The molecule has 0 spiro atoms. The molecule has 66 valence electrons. The topological polar surface area (TPSA) is 61.4 Å². The molecule has 1 unspecified atom stereocenters. The summed E-state index contributed by atoms with van der Waals surface area (Å²) in [5.74, 6) is -0.783. The Bertz CT molecular complexity index is 247. The van der Waals surface area contributed by atoms with E-state index < -0.39 is 12.0 Å². The van der Waals surface area contributed by atoms with Gasteiger partial charge in [-0.3, -0.25) is 4.79 Å². The number of hydrazine groups is 1. The van der Waals surface area contributed by atoms with Gasteiger partial charge in [0, 0.05) is 5.70 Å². The summed E-state index contributed by atoms with van der Waals surface area (Å²) in [6.07, 6.45) is 4.20. The van der Waals surface area contributed by atoms with Gasteiger partial charge < -0.3 is 10.5 Å². The number of hydrogen-bond donors (Lipinski definition) is 3. The van der Waals surface area contributed by atoms with Crippen molar-refractivity contribution in [2.24, 2.45) is 0 Å². The van der Waals surface area contributed by atoms with Crippen molar-refractivity contribution in [3.63, 3.8) is 0 Å². The minimum Gasteiger partial charge on any atom is -0.480 e. The Morgan fingerprint density at radius 3 is 2.92 bits per heavy atom. The minimum atomic E-state index is -0.783. The molecule has 0 aromatic heterocycles. The maximum absolute atomic E-state index is 10.7. The third-order valence-electron chi connectivity index (χ3n) is 2.47. The molecule has 2 aliphatic rings. The molecule has 1 atom stereocenters. The Morgan fingerprint density at radius 2 is 2.17 bits per heavy atom. The van der Waals surface area contributed by atoms with Gasteiger partial charge in [0.25, 0.3) is 0 Å². The number of nitrogens with one attached hydrogen (secondary N) is 2. The molecule has 4 heteroatoms. The summed E-state index contributed by atoms with van der Waals surface area (Å²) in [4.78, 5) is 10.7. The molecule has 3 N–H and O–H groups in total. The molecule has 0 amide bonds. The predicted molar refractivity (Wildman–Crippen MR) is 43.2 cm³/mol. The molecule has 0 saturated carbocycles. The van der Waals surface area contributed by atoms with Crippen LogP contribution in [-0.2, 0) is 4.79 Å². The van der Waals surface area contributed by atoms with Gasteiger partial charge in [-0.2, -0.15) is 0 Å². The zero-order chi connectivity index (χ0) is 8.55. The predicted octanol–water partition coefficient (Wildman–Crippen LogP) is 0.375. The van der Waals surface area contributed by atoms with Gasteiger partial charge in [-0.25, -0.2) is 5.43 Å². The highest BCUT2D eigenvalue weighted by atomic mass is 16.4. The van der Waals surface area contributed by atoms with E-state index in [0.717, 1.165) is 30.5 Å². The number of carboxylic acid groups (broad SMARTS) is 1. The van der Waals surface area contributed by atoms with Crippen LogP contribution >= 0.6 is 0 Å². The lowest BCUT2D eigenvalue weighted by Gasteiger charge is -2.13. The number of hydrogen-bond acceptors (Lipinski definition) is 3. The molecular weight excluding hydrogens is 156 g/mol. The van der Waals surface area contributed by atoms with Crippen LogP contribution in [0.5, 0.6) is 0 Å². The second kappa shape index (κ2) is 2.79. The van der Waals surface area contributed by atoms with Crippen LogP contribution in [0.2, 0.25) is 0 Å². The van der Waals surface area contributed by atoms with Crippen molar-refractivity contribution >= 4 is 5.97 Å². The van der Waals surface area contributed by atoms with Gasteiger partial charge in [-0.1, -0.05) is 0 Å². The van der Waals surface area contributed by atoms with Crippen LogP contribution in [0.3, 0.4) is 0 Å². The fourth-order valence-electron chi connectivity index (χ4n) is 1.85. The summed E-state index contributed by atoms with van der Waals surface area (Å²) in [6, 6.07) is -0.486. The van der Waals surface area contributed by atoms with E-state index in [9.17, 15) is 4.79 Å². The Hall–Kier alpha value is -1.03. The minimum absolute atomic E-state index is 0.486. The van der Waals surface area contributed by atoms with E-state index in [-0.39, 0.29) is 0 Å². The number of allylic oxidation sites excluding steroid dienone is 1. The van der Waals surface area contributed by atoms with Crippen LogP contribution in [0, 0.1) is 0 Å². The van der Waals surface area contributed by atoms with Crippen molar-refractivity contribution in [3.8, 4) is 0 Å². The molecule has 1 aliphatic heterocycles. The Balaban J connectivity index is 2.21. The van der Waals surface area contributed by atoms with Crippen LogP contribution in [0.4, 0.5) is 0 Å². The molecule has 0 fully saturated rings. The molecule has 4 nitrogen and oxygen atoms in total. The second-order valence-electron chi connectivity index (χ2n) is 3.25. The third kappa shape index (κ3) is 1.08. The summed E-state index contributed by atoms with van der Waals surface area (Å²) in [5, 5.41) is 8.82. The number of aliphatic carboxylic acids is 1. The molecule has 1 heterocycles. The van der Waals surface area contributed by atoms with Gasteiger partial charge in [0.05, 0.1) is 0 Å². The van der Waals surface area contributed by atoms with E-state index in [1.165, 1.54) is 6.42 Å². The summed E-state index contributed by atoms with van der Waals surface area (Å²) < 4.78 is 0. The first-order chi connectivity index (χ1) is 5.79. The molecule has 0 radical (unpaired) electrons. The number of rotatable bonds is 1. The quantitative estimate of drug-likeness (QED) is 0.529. The first-order valence-corrected chi connectivity index (χ1v) is 4.25. The highest BCUT2D eigenvalue weighted by molar-refractivity contribution is 5.78. The molecule has 12 heavy (non-hydrogen) atoms. The van der Waals surface area contributed by atoms with Gasteiger partial charge in [0.15, 0.2) is 0 Å². The van der Waals surface area contributed by atoms with Gasteiger partial charge in [0.2, 0.25) is 0 Å². The Morgan fingerprint density at radius 1 is 1.42 bits per heavy atom. The van der Waals surface area contributed by atoms with E-state index >= 15 is 0 Å². The fraction of sp³-hybridized carbons (Fsp3) is 0.625. The summed E-state index contributed by atoms with van der Waals surface area (Å²) >= 11 is 0. The highest BCUT2D eigenvalue weighted by Gasteiger charge is 2.31. The third-order valence-corrected chi connectivity index (χ3v) is 2.47. The van der Waals surface area contributed by atoms with E-state index in [1.807, 2.05) is 0 Å². The Labute approximate surface area is 70.6 Å². The fourth-order valence-corrected chi connectivity index (χ4v) is 1.85. The van der Waals surface area contributed by atoms with Crippen LogP contribution in [0.1, 0.15) is 25.7 Å². The lowest BCUT2D eigenvalue weighted by molar-refractivity contribution is -0.138. The first kappa shape index (κ1) is 7.61. The van der Waals surface area contributed by atoms with E-state index in [4.69, 9.17) is 5.11 Å². The Kier molecular flexibility index (Phi) is 1.77. The molecule has 0 saturated heterocycles. The van der Waals surface area contributed by atoms with Crippen LogP contribution in [0.25, 0.3) is 0 Å². The zero-order valence-corrected chi connectivity index (χ0v) is 6.76. The zero-order valence-electron chi connectivity index (χ0n) is 6.76. The monoisotopic (exact) mass is 168 g/mol. The second-order valence-corrected chi connectivity index (χ2v) is 3.25. The van der Waals surface area contributed by atoms with Crippen molar-refractivity contribution < 1.29 is 9.90 Å². The SMILES string of the molecule is O=C(O)C1NNC2=C1CCCC2. The van der Waals surface area contributed by atoms with Crippen LogP contribution in [-0.4, -0.2) is 17.1 Å². The van der Waals surface area contributed by atoms with Crippen LogP contribution in [0.15, 0.2) is 11.3 Å². The van der Waals surface area contributed by atoms with E-state index in [2.05, 4.69) is 10.9 Å². The van der Waals surface area contributed by atoms with Crippen LogP contribution < -0.4 is 10.9 Å². The van der Waals surface area contributed by atoms with Crippen molar-refractivity contribution in [2.75, 3.05) is 0 Å². The molecule has 1 aliphatic carbocycles. The lowest BCUT2D eigenvalue weighted by Crippen LogP contribution is -2.38. The van der Waals surface area contributed by atoms with Crippen molar-refractivity contribution in [1.82, 2.24) is 10.9 Å². The number of carboxylic acids is 1.